The highest BCUT2D eigenvalue weighted by Gasteiger charge is 2.16. The molecule has 0 saturated carbocycles. The predicted octanol–water partition coefficient (Wildman–Crippen LogP) is 2.05. The highest BCUT2D eigenvalue weighted by atomic mass is 16.5. The minimum atomic E-state index is 0.594. The van der Waals surface area contributed by atoms with Gasteiger partial charge in [0.2, 0.25) is 0 Å². The lowest BCUT2D eigenvalue weighted by Crippen LogP contribution is -1.94. The number of aromatic nitrogens is 3. The fraction of sp³-hybridized carbons (Fsp3) is 0.333. The normalized spacial score (nSPS) is 10.3. The number of nitrogens with one attached hydrogen (secondary N) is 1. The van der Waals surface area contributed by atoms with Crippen molar-refractivity contribution in [2.45, 2.75) is 13.3 Å². The van der Waals surface area contributed by atoms with E-state index in [1.807, 2.05) is 25.1 Å². The van der Waals surface area contributed by atoms with Crippen LogP contribution in [0.4, 0.5) is 0 Å². The highest BCUT2D eigenvalue weighted by Crippen LogP contribution is 2.35. The molecule has 1 heterocycles. The monoisotopic (exact) mass is 233 g/mol. The fourth-order valence-electron chi connectivity index (χ4n) is 1.64. The zero-order chi connectivity index (χ0) is 12.3. The molecule has 1 N–H and O–H groups in total. The topological polar surface area (TPSA) is 60.0 Å². The number of methoxy groups -OCH3 is 2. The summed E-state index contributed by atoms with van der Waals surface area (Å²) in [5.41, 5.74) is 0.772. The van der Waals surface area contributed by atoms with Crippen LogP contribution >= 0.6 is 0 Å². The molecule has 90 valence electrons. The van der Waals surface area contributed by atoms with Crippen molar-refractivity contribution in [1.29, 1.82) is 0 Å². The van der Waals surface area contributed by atoms with E-state index in [1.54, 1.807) is 14.2 Å². The van der Waals surface area contributed by atoms with E-state index in [2.05, 4.69) is 15.2 Å². The summed E-state index contributed by atoms with van der Waals surface area (Å²) in [6.45, 7) is 2.02. The molecule has 0 atom stereocenters. The van der Waals surface area contributed by atoms with Gasteiger partial charge >= 0.3 is 0 Å². The molecule has 0 bridgehead atoms. The third-order valence-corrected chi connectivity index (χ3v) is 2.52. The largest absolute Gasteiger partial charge is 0.496 e. The molecule has 1 aromatic heterocycles. The summed E-state index contributed by atoms with van der Waals surface area (Å²) in [5, 5.41) is 7.06. The van der Waals surface area contributed by atoms with Gasteiger partial charge in [0.1, 0.15) is 22.9 Å². The lowest BCUT2D eigenvalue weighted by molar-refractivity contribution is 0.397. The number of aryl methyl sites for hydroxylation is 1. The summed E-state index contributed by atoms with van der Waals surface area (Å²) >= 11 is 0. The van der Waals surface area contributed by atoms with Crippen molar-refractivity contribution in [2.75, 3.05) is 14.2 Å². The lowest BCUT2D eigenvalue weighted by Gasteiger charge is -2.09. The van der Waals surface area contributed by atoms with Crippen LogP contribution in [0.25, 0.3) is 11.4 Å². The Bertz CT molecular complexity index is 486. The lowest BCUT2D eigenvalue weighted by atomic mass is 10.1. The van der Waals surface area contributed by atoms with E-state index < -0.39 is 0 Å². The minimum Gasteiger partial charge on any atom is -0.496 e. The summed E-state index contributed by atoms with van der Waals surface area (Å²) in [7, 11) is 3.23. The molecule has 2 aromatic rings. The first-order valence-corrected chi connectivity index (χ1v) is 5.42. The number of hydrogen-bond donors (Lipinski definition) is 1. The summed E-state index contributed by atoms with van der Waals surface area (Å²) in [6.07, 6.45) is 0.810. The van der Waals surface area contributed by atoms with Crippen molar-refractivity contribution in [1.82, 2.24) is 15.2 Å². The molecule has 0 aliphatic rings. The van der Waals surface area contributed by atoms with Gasteiger partial charge in [0.15, 0.2) is 5.82 Å². The Morgan fingerprint density at radius 1 is 1.18 bits per heavy atom. The second kappa shape index (κ2) is 4.86. The van der Waals surface area contributed by atoms with Crippen molar-refractivity contribution >= 4 is 0 Å². The van der Waals surface area contributed by atoms with E-state index in [0.29, 0.717) is 17.3 Å². The van der Waals surface area contributed by atoms with Crippen molar-refractivity contribution in [3.63, 3.8) is 0 Å². The summed E-state index contributed by atoms with van der Waals surface area (Å²) < 4.78 is 10.6. The number of nitrogens with zero attached hydrogens (tertiary/aromatic N) is 2. The van der Waals surface area contributed by atoms with Gasteiger partial charge in [-0.15, -0.1) is 0 Å². The van der Waals surface area contributed by atoms with E-state index >= 15 is 0 Å². The molecule has 0 fully saturated rings. The number of hydrogen-bond acceptors (Lipinski definition) is 4. The first-order valence-electron chi connectivity index (χ1n) is 5.42. The van der Waals surface area contributed by atoms with Crippen LogP contribution in [0, 0.1) is 0 Å². The van der Waals surface area contributed by atoms with Crippen LogP contribution < -0.4 is 9.47 Å². The Hall–Kier alpha value is -2.04. The Balaban J connectivity index is 2.55. The number of benzene rings is 1. The summed E-state index contributed by atoms with van der Waals surface area (Å²) in [6, 6.07) is 5.59. The van der Waals surface area contributed by atoms with E-state index in [0.717, 1.165) is 17.8 Å². The van der Waals surface area contributed by atoms with Crippen LogP contribution in [0.3, 0.4) is 0 Å². The zero-order valence-corrected chi connectivity index (χ0v) is 10.2. The smallest absolute Gasteiger partial charge is 0.188 e. The van der Waals surface area contributed by atoms with Gasteiger partial charge in [-0.3, -0.25) is 5.10 Å². The SMILES string of the molecule is CCc1nc(-c2c(OC)cccc2OC)n[nH]1. The summed E-state index contributed by atoms with van der Waals surface area (Å²) in [5.74, 6) is 2.83. The fourth-order valence-corrected chi connectivity index (χ4v) is 1.64. The van der Waals surface area contributed by atoms with E-state index in [9.17, 15) is 0 Å². The first-order chi connectivity index (χ1) is 8.30. The molecular formula is C12H15N3O2. The predicted molar refractivity (Wildman–Crippen MR) is 64.3 cm³/mol. The third kappa shape index (κ3) is 2.08. The molecule has 0 saturated heterocycles. The van der Waals surface area contributed by atoms with Crippen molar-refractivity contribution in [3.8, 4) is 22.9 Å². The Morgan fingerprint density at radius 2 is 1.82 bits per heavy atom. The number of ether oxygens (including phenoxy) is 2. The maximum Gasteiger partial charge on any atom is 0.188 e. The van der Waals surface area contributed by atoms with Gasteiger partial charge in [-0.1, -0.05) is 13.0 Å². The van der Waals surface area contributed by atoms with Crippen molar-refractivity contribution in [2.24, 2.45) is 0 Å². The molecule has 0 aliphatic carbocycles. The molecule has 17 heavy (non-hydrogen) atoms. The van der Waals surface area contributed by atoms with Crippen molar-refractivity contribution < 1.29 is 9.47 Å². The molecule has 0 aliphatic heterocycles. The molecule has 0 radical (unpaired) electrons. The minimum absolute atomic E-state index is 0.594. The Kier molecular flexibility index (Phi) is 3.27. The Morgan fingerprint density at radius 3 is 2.29 bits per heavy atom. The molecule has 0 unspecified atom stereocenters. The van der Waals surface area contributed by atoms with Gasteiger partial charge in [0, 0.05) is 6.42 Å². The third-order valence-electron chi connectivity index (χ3n) is 2.52. The zero-order valence-electron chi connectivity index (χ0n) is 10.2. The van der Waals surface area contributed by atoms with Crippen LogP contribution in [0.5, 0.6) is 11.5 Å². The quantitative estimate of drug-likeness (QED) is 0.878. The Labute approximate surface area is 99.8 Å². The van der Waals surface area contributed by atoms with E-state index in [-0.39, 0.29) is 0 Å². The molecule has 0 amide bonds. The van der Waals surface area contributed by atoms with Gasteiger partial charge in [-0.05, 0) is 12.1 Å². The first kappa shape index (κ1) is 11.4. The molecule has 2 rings (SSSR count). The van der Waals surface area contributed by atoms with Crippen LogP contribution in [-0.4, -0.2) is 29.4 Å². The standard InChI is InChI=1S/C12H15N3O2/c1-4-10-13-12(15-14-10)11-8(16-2)6-5-7-9(11)17-3/h5-7H,4H2,1-3H3,(H,13,14,15). The average molecular weight is 233 g/mol. The average Bonchev–Trinajstić information content (AvgIpc) is 2.86. The van der Waals surface area contributed by atoms with Gasteiger partial charge in [0.25, 0.3) is 0 Å². The molecular weight excluding hydrogens is 218 g/mol. The second-order valence-corrected chi connectivity index (χ2v) is 3.50. The van der Waals surface area contributed by atoms with Crippen molar-refractivity contribution in [3.05, 3.63) is 24.0 Å². The van der Waals surface area contributed by atoms with Gasteiger partial charge < -0.3 is 9.47 Å². The van der Waals surface area contributed by atoms with Crippen LogP contribution in [0.2, 0.25) is 0 Å². The van der Waals surface area contributed by atoms with E-state index in [1.165, 1.54) is 0 Å². The van der Waals surface area contributed by atoms with Crippen LogP contribution in [-0.2, 0) is 6.42 Å². The van der Waals surface area contributed by atoms with Gasteiger partial charge in [0.05, 0.1) is 14.2 Å². The maximum absolute atomic E-state index is 5.31. The van der Waals surface area contributed by atoms with Crippen LogP contribution in [0.15, 0.2) is 18.2 Å². The highest BCUT2D eigenvalue weighted by molar-refractivity contribution is 5.71. The molecule has 1 aromatic carbocycles. The molecule has 5 heteroatoms. The van der Waals surface area contributed by atoms with Gasteiger partial charge in [-0.2, -0.15) is 5.10 Å². The molecule has 0 spiro atoms. The van der Waals surface area contributed by atoms with Crippen LogP contribution in [0.1, 0.15) is 12.7 Å². The van der Waals surface area contributed by atoms with Gasteiger partial charge in [-0.25, -0.2) is 4.98 Å². The maximum atomic E-state index is 5.31. The number of aromatic amines is 1. The number of rotatable bonds is 4. The second-order valence-electron chi connectivity index (χ2n) is 3.50. The summed E-state index contributed by atoms with van der Waals surface area (Å²) in [4.78, 5) is 4.39. The molecule has 5 nitrogen and oxygen atoms in total. The number of H-pyrrole nitrogens is 1. The van der Waals surface area contributed by atoms with E-state index in [4.69, 9.17) is 9.47 Å².